The van der Waals surface area contributed by atoms with Crippen molar-refractivity contribution in [3.05, 3.63) is 35.4 Å². The number of carboxylic acids is 1. The number of benzene rings is 1. The zero-order chi connectivity index (χ0) is 19.9. The van der Waals surface area contributed by atoms with Crippen molar-refractivity contribution in [3.8, 4) is 0 Å². The number of carbonyl (C=O) groups is 2. The SMILES string of the molecule is O=C(O)CCCCC(=O)NCC1(c2cccc(C(F)(F)F)c2)CCOCC1. The van der Waals surface area contributed by atoms with Gasteiger partial charge >= 0.3 is 12.1 Å². The average Bonchev–Trinajstić information content (AvgIpc) is 2.63. The summed E-state index contributed by atoms with van der Waals surface area (Å²) in [6.07, 6.45) is -2.30. The van der Waals surface area contributed by atoms with Gasteiger partial charge in [0.25, 0.3) is 0 Å². The Morgan fingerprint density at radius 2 is 1.81 bits per heavy atom. The lowest BCUT2D eigenvalue weighted by atomic mass is 9.73. The lowest BCUT2D eigenvalue weighted by molar-refractivity contribution is -0.138. The van der Waals surface area contributed by atoms with Gasteiger partial charge in [-0.2, -0.15) is 13.2 Å². The molecule has 0 spiro atoms. The molecule has 27 heavy (non-hydrogen) atoms. The summed E-state index contributed by atoms with van der Waals surface area (Å²) in [5.74, 6) is -1.13. The highest BCUT2D eigenvalue weighted by Gasteiger charge is 2.37. The molecule has 1 amide bonds. The molecule has 0 aliphatic carbocycles. The summed E-state index contributed by atoms with van der Waals surface area (Å²) in [4.78, 5) is 22.5. The second kappa shape index (κ2) is 9.21. The molecule has 0 atom stereocenters. The van der Waals surface area contributed by atoms with Gasteiger partial charge in [0.15, 0.2) is 0 Å². The van der Waals surface area contributed by atoms with Gasteiger partial charge in [0.05, 0.1) is 5.56 Å². The fourth-order valence-corrected chi connectivity index (χ4v) is 3.27. The summed E-state index contributed by atoms with van der Waals surface area (Å²) >= 11 is 0. The van der Waals surface area contributed by atoms with E-state index < -0.39 is 23.1 Å². The maximum atomic E-state index is 13.1. The number of hydrogen-bond acceptors (Lipinski definition) is 3. The third-order valence-electron chi connectivity index (χ3n) is 4.92. The van der Waals surface area contributed by atoms with Crippen LogP contribution in [0.2, 0.25) is 0 Å². The van der Waals surface area contributed by atoms with E-state index in [2.05, 4.69) is 5.32 Å². The van der Waals surface area contributed by atoms with Crippen molar-refractivity contribution < 1.29 is 32.6 Å². The number of carboxylic acid groups (broad SMARTS) is 1. The molecule has 1 fully saturated rings. The molecule has 2 N–H and O–H groups in total. The van der Waals surface area contributed by atoms with Gasteiger partial charge in [-0.15, -0.1) is 0 Å². The molecule has 0 aromatic heterocycles. The van der Waals surface area contributed by atoms with Gasteiger partial charge < -0.3 is 15.2 Å². The standard InChI is InChI=1S/C19H24F3NO4/c20-19(21,22)15-5-3-4-14(12-15)18(8-10-27-11-9-18)13-23-16(24)6-1-2-7-17(25)26/h3-5,12H,1-2,6-11,13H2,(H,23,24)(H,25,26). The van der Waals surface area contributed by atoms with Gasteiger partial charge in [0.1, 0.15) is 0 Å². The van der Waals surface area contributed by atoms with Crippen molar-refractivity contribution in [1.29, 1.82) is 0 Å². The number of unbranched alkanes of at least 4 members (excludes halogenated alkanes) is 1. The minimum Gasteiger partial charge on any atom is -0.481 e. The van der Waals surface area contributed by atoms with Crippen LogP contribution in [0, 0.1) is 0 Å². The van der Waals surface area contributed by atoms with Gasteiger partial charge in [-0.25, -0.2) is 0 Å². The van der Waals surface area contributed by atoms with Crippen LogP contribution in [0.3, 0.4) is 0 Å². The highest BCUT2D eigenvalue weighted by molar-refractivity contribution is 5.76. The summed E-state index contributed by atoms with van der Waals surface area (Å²) in [6.45, 7) is 1.07. The molecule has 150 valence electrons. The Bertz CT molecular complexity index is 655. The minimum atomic E-state index is -4.42. The lowest BCUT2D eigenvalue weighted by Gasteiger charge is -2.38. The highest BCUT2D eigenvalue weighted by atomic mass is 19.4. The molecule has 5 nitrogen and oxygen atoms in total. The summed E-state index contributed by atoms with van der Waals surface area (Å²) < 4.78 is 44.6. The van der Waals surface area contributed by atoms with Gasteiger partial charge in [-0.3, -0.25) is 9.59 Å². The molecule has 1 aromatic carbocycles. The zero-order valence-electron chi connectivity index (χ0n) is 15.0. The predicted octanol–water partition coefficient (Wildman–Crippen LogP) is 3.51. The molecular formula is C19H24F3NO4. The van der Waals surface area contributed by atoms with Crippen molar-refractivity contribution >= 4 is 11.9 Å². The Morgan fingerprint density at radius 3 is 2.44 bits per heavy atom. The maximum absolute atomic E-state index is 13.1. The first-order valence-electron chi connectivity index (χ1n) is 8.97. The average molecular weight is 387 g/mol. The number of nitrogens with one attached hydrogen (secondary N) is 1. The summed E-state index contributed by atoms with van der Waals surface area (Å²) in [5.41, 5.74) is -0.756. The normalized spacial score (nSPS) is 16.7. The molecule has 0 bridgehead atoms. The summed E-state index contributed by atoms with van der Waals surface area (Å²) in [6, 6.07) is 5.25. The number of carbonyl (C=O) groups excluding carboxylic acids is 1. The Labute approximate surface area is 155 Å². The van der Waals surface area contributed by atoms with E-state index in [1.807, 2.05) is 0 Å². The molecule has 0 unspecified atom stereocenters. The first-order valence-corrected chi connectivity index (χ1v) is 8.97. The Kier molecular flexibility index (Phi) is 7.24. The molecule has 1 saturated heterocycles. The molecule has 0 saturated carbocycles. The third kappa shape index (κ3) is 6.23. The fourth-order valence-electron chi connectivity index (χ4n) is 3.27. The highest BCUT2D eigenvalue weighted by Crippen LogP contribution is 2.37. The summed E-state index contributed by atoms with van der Waals surface area (Å²) in [7, 11) is 0. The second-order valence-electron chi connectivity index (χ2n) is 6.85. The van der Waals surface area contributed by atoms with Crippen molar-refractivity contribution in [2.45, 2.75) is 50.1 Å². The first kappa shape index (κ1) is 21.2. The van der Waals surface area contributed by atoms with Crippen molar-refractivity contribution in [2.24, 2.45) is 0 Å². The van der Waals surface area contributed by atoms with Crippen LogP contribution in [0.1, 0.15) is 49.7 Å². The number of rotatable bonds is 8. The Hall–Kier alpha value is -2.09. The number of aliphatic carboxylic acids is 1. The van der Waals surface area contributed by atoms with Gasteiger partial charge in [-0.1, -0.05) is 18.2 Å². The van der Waals surface area contributed by atoms with Crippen LogP contribution in [0.5, 0.6) is 0 Å². The van der Waals surface area contributed by atoms with E-state index in [1.165, 1.54) is 6.07 Å². The molecule has 1 aliphatic rings. The topological polar surface area (TPSA) is 75.6 Å². The van der Waals surface area contributed by atoms with Crippen LogP contribution in [0.25, 0.3) is 0 Å². The van der Waals surface area contributed by atoms with E-state index >= 15 is 0 Å². The van der Waals surface area contributed by atoms with E-state index in [4.69, 9.17) is 9.84 Å². The number of alkyl halides is 3. The van der Waals surface area contributed by atoms with Crippen LogP contribution in [-0.2, 0) is 25.9 Å². The quantitative estimate of drug-likeness (QED) is 0.670. The van der Waals surface area contributed by atoms with Crippen LogP contribution in [0.4, 0.5) is 13.2 Å². The van der Waals surface area contributed by atoms with E-state index in [0.29, 0.717) is 44.5 Å². The first-order chi connectivity index (χ1) is 12.7. The fraction of sp³-hybridized carbons (Fsp3) is 0.579. The number of amides is 1. The van der Waals surface area contributed by atoms with Crippen LogP contribution >= 0.6 is 0 Å². The van der Waals surface area contributed by atoms with Crippen molar-refractivity contribution in [2.75, 3.05) is 19.8 Å². The predicted molar refractivity (Wildman–Crippen MR) is 92.3 cm³/mol. The van der Waals surface area contributed by atoms with E-state index in [-0.39, 0.29) is 25.3 Å². The molecule has 1 aliphatic heterocycles. The van der Waals surface area contributed by atoms with Crippen molar-refractivity contribution in [1.82, 2.24) is 5.32 Å². The van der Waals surface area contributed by atoms with Crippen LogP contribution in [-0.4, -0.2) is 36.7 Å². The Morgan fingerprint density at radius 1 is 1.15 bits per heavy atom. The number of halogens is 3. The zero-order valence-corrected chi connectivity index (χ0v) is 15.0. The molecule has 1 heterocycles. The van der Waals surface area contributed by atoms with E-state index in [1.54, 1.807) is 6.07 Å². The van der Waals surface area contributed by atoms with Crippen LogP contribution in [0.15, 0.2) is 24.3 Å². The van der Waals surface area contributed by atoms with Gasteiger partial charge in [0, 0.05) is 38.0 Å². The molecule has 2 rings (SSSR count). The van der Waals surface area contributed by atoms with E-state index in [0.717, 1.165) is 12.1 Å². The molecule has 8 heteroatoms. The van der Waals surface area contributed by atoms with Crippen LogP contribution < -0.4 is 5.32 Å². The largest absolute Gasteiger partial charge is 0.481 e. The molecule has 1 aromatic rings. The minimum absolute atomic E-state index is 0.0127. The lowest BCUT2D eigenvalue weighted by Crippen LogP contribution is -2.44. The smallest absolute Gasteiger partial charge is 0.416 e. The monoisotopic (exact) mass is 387 g/mol. The van der Waals surface area contributed by atoms with Crippen molar-refractivity contribution in [3.63, 3.8) is 0 Å². The summed E-state index contributed by atoms with van der Waals surface area (Å²) in [5, 5.41) is 11.4. The maximum Gasteiger partial charge on any atom is 0.416 e. The number of hydrogen-bond donors (Lipinski definition) is 2. The molecule has 0 radical (unpaired) electrons. The van der Waals surface area contributed by atoms with E-state index in [9.17, 15) is 22.8 Å². The van der Waals surface area contributed by atoms with Gasteiger partial charge in [-0.05, 0) is 37.3 Å². The third-order valence-corrected chi connectivity index (χ3v) is 4.92. The number of ether oxygens (including phenoxy) is 1. The second-order valence-corrected chi connectivity index (χ2v) is 6.85. The Balaban J connectivity index is 2.04. The van der Waals surface area contributed by atoms with Gasteiger partial charge in [0.2, 0.25) is 5.91 Å². The molecular weight excluding hydrogens is 363 g/mol.